The molecule has 0 spiro atoms. The SMILES string of the molecule is CC(C)C[C@H](N)C(=O)N[C@@H](CCC(N)=O)C(=O)N1CCC[C@H]1C(=O)N[C@@H](CCC(=O)O)C(=O)N[C@@H](CCC(N)=O)C(=O)N1CCC[C@H]1C(=O)N[C@@H](Cc1ccccc1)C(=O)N1CCC[C@H]1C=O. The molecule has 0 bridgehead atoms. The summed E-state index contributed by atoms with van der Waals surface area (Å²) in [4.78, 5) is 148. The first-order valence-corrected chi connectivity index (χ1v) is 23.0. The van der Waals surface area contributed by atoms with Crippen LogP contribution in [0, 0.1) is 5.92 Å². The smallest absolute Gasteiger partial charge is 0.303 e. The molecule has 3 saturated heterocycles. The van der Waals surface area contributed by atoms with Gasteiger partial charge in [0.1, 0.15) is 42.5 Å². The number of nitrogens with two attached hydrogens (primary N) is 3. The Hall–Kier alpha value is -6.45. The number of benzene rings is 1. The van der Waals surface area contributed by atoms with Gasteiger partial charge < -0.3 is 63.1 Å². The van der Waals surface area contributed by atoms with E-state index in [0.29, 0.717) is 44.9 Å². The summed E-state index contributed by atoms with van der Waals surface area (Å²) in [5.74, 6) is -7.85. The third-order valence-electron chi connectivity index (χ3n) is 12.2. The number of carboxylic acid groups (broad SMARTS) is 1. The molecule has 368 valence electrons. The average Bonchev–Trinajstić information content (AvgIpc) is 4.09. The van der Waals surface area contributed by atoms with Crippen LogP contribution >= 0.6 is 0 Å². The topological polar surface area (TPSA) is 344 Å². The molecule has 1 aromatic carbocycles. The van der Waals surface area contributed by atoms with Crippen LogP contribution < -0.4 is 38.5 Å². The van der Waals surface area contributed by atoms with E-state index in [-0.39, 0.29) is 64.0 Å². The van der Waals surface area contributed by atoms with E-state index in [4.69, 9.17) is 17.2 Å². The van der Waals surface area contributed by atoms with Crippen LogP contribution in [0.25, 0.3) is 0 Å². The molecule has 1 aromatic rings. The number of aliphatic carboxylic acids is 1. The molecule has 11 N–H and O–H groups in total. The first kappa shape index (κ1) is 53.2. The zero-order valence-corrected chi connectivity index (χ0v) is 38.2. The molecule has 0 saturated carbocycles. The lowest BCUT2D eigenvalue weighted by Crippen LogP contribution is -2.60. The van der Waals surface area contributed by atoms with E-state index >= 15 is 0 Å². The molecular formula is C45H66N10O12. The van der Waals surface area contributed by atoms with Crippen molar-refractivity contribution in [2.45, 2.75) is 152 Å². The zero-order chi connectivity index (χ0) is 49.4. The van der Waals surface area contributed by atoms with Crippen LogP contribution in [0.4, 0.5) is 0 Å². The number of carbonyl (C=O) groups is 11. The minimum Gasteiger partial charge on any atom is -0.481 e. The maximum Gasteiger partial charge on any atom is 0.303 e. The number of primary amides is 2. The van der Waals surface area contributed by atoms with Crippen LogP contribution in [0.1, 0.15) is 103 Å². The van der Waals surface area contributed by atoms with Gasteiger partial charge in [0.2, 0.25) is 53.2 Å². The molecule has 0 unspecified atom stereocenters. The number of amides is 9. The number of hydrogen-bond donors (Lipinski definition) is 8. The number of likely N-dealkylation sites (tertiary alicyclic amines) is 3. The summed E-state index contributed by atoms with van der Waals surface area (Å²) < 4.78 is 0. The lowest BCUT2D eigenvalue weighted by Gasteiger charge is -2.32. The van der Waals surface area contributed by atoms with Crippen LogP contribution in [-0.2, 0) is 59.2 Å². The fraction of sp³-hybridized carbons (Fsp3) is 0.622. The molecule has 3 aliphatic heterocycles. The van der Waals surface area contributed by atoms with Gasteiger partial charge in [-0.15, -0.1) is 0 Å². The Morgan fingerprint density at radius 2 is 1.10 bits per heavy atom. The molecule has 0 aliphatic carbocycles. The van der Waals surface area contributed by atoms with Gasteiger partial charge in [0.25, 0.3) is 0 Å². The second-order valence-electron chi connectivity index (χ2n) is 17.9. The number of carboxylic acids is 1. The van der Waals surface area contributed by atoms with Crippen LogP contribution in [0.5, 0.6) is 0 Å². The summed E-state index contributed by atoms with van der Waals surface area (Å²) in [5, 5.41) is 20.0. The molecule has 3 fully saturated rings. The van der Waals surface area contributed by atoms with Crippen LogP contribution in [-0.4, -0.2) is 153 Å². The maximum atomic E-state index is 14.4. The predicted molar refractivity (Wildman–Crippen MR) is 239 cm³/mol. The van der Waals surface area contributed by atoms with Gasteiger partial charge in [-0.3, -0.25) is 47.9 Å². The number of carbonyl (C=O) groups excluding carboxylic acids is 10. The quantitative estimate of drug-likeness (QED) is 0.0498. The summed E-state index contributed by atoms with van der Waals surface area (Å²) >= 11 is 0. The van der Waals surface area contributed by atoms with Crippen molar-refractivity contribution in [2.75, 3.05) is 19.6 Å². The molecule has 9 amide bonds. The van der Waals surface area contributed by atoms with Crippen molar-refractivity contribution in [3.8, 4) is 0 Å². The van der Waals surface area contributed by atoms with Crippen molar-refractivity contribution in [1.29, 1.82) is 0 Å². The number of hydrogen-bond acceptors (Lipinski definition) is 12. The molecule has 0 aromatic heterocycles. The summed E-state index contributed by atoms with van der Waals surface area (Å²) in [6.45, 7) is 4.18. The number of rotatable bonds is 25. The molecule has 4 rings (SSSR count). The van der Waals surface area contributed by atoms with Crippen LogP contribution in [0.3, 0.4) is 0 Å². The van der Waals surface area contributed by atoms with Crippen molar-refractivity contribution in [2.24, 2.45) is 23.1 Å². The predicted octanol–water partition coefficient (Wildman–Crippen LogP) is -1.89. The summed E-state index contributed by atoms with van der Waals surface area (Å²) in [6, 6.07) is -0.386. The average molecular weight is 939 g/mol. The maximum absolute atomic E-state index is 14.4. The van der Waals surface area contributed by atoms with Crippen LogP contribution in [0.2, 0.25) is 0 Å². The van der Waals surface area contributed by atoms with E-state index < -0.39 is 120 Å². The van der Waals surface area contributed by atoms with Gasteiger partial charge in [-0.1, -0.05) is 44.2 Å². The lowest BCUT2D eigenvalue weighted by molar-refractivity contribution is -0.144. The van der Waals surface area contributed by atoms with Gasteiger partial charge in [-0.05, 0) is 75.7 Å². The molecule has 0 radical (unpaired) electrons. The third kappa shape index (κ3) is 15.6. The van der Waals surface area contributed by atoms with E-state index in [2.05, 4.69) is 21.3 Å². The molecular weight excluding hydrogens is 873 g/mol. The molecule has 67 heavy (non-hydrogen) atoms. The van der Waals surface area contributed by atoms with Crippen molar-refractivity contribution in [3.63, 3.8) is 0 Å². The highest BCUT2D eigenvalue weighted by molar-refractivity contribution is 5.98. The third-order valence-corrected chi connectivity index (χ3v) is 12.2. The second-order valence-corrected chi connectivity index (χ2v) is 17.9. The van der Waals surface area contributed by atoms with Gasteiger partial charge in [-0.25, -0.2) is 0 Å². The van der Waals surface area contributed by atoms with Crippen LogP contribution in [0.15, 0.2) is 30.3 Å². The second kappa shape index (κ2) is 25.5. The molecule has 3 heterocycles. The Balaban J connectivity index is 1.53. The van der Waals surface area contributed by atoms with Gasteiger partial charge in [-0.2, -0.15) is 0 Å². The van der Waals surface area contributed by atoms with E-state index in [9.17, 15) is 57.8 Å². The highest BCUT2D eigenvalue weighted by Crippen LogP contribution is 2.24. The van der Waals surface area contributed by atoms with E-state index in [1.165, 1.54) is 14.7 Å². The van der Waals surface area contributed by atoms with Crippen molar-refractivity contribution in [1.82, 2.24) is 36.0 Å². The molecule has 22 heteroatoms. The van der Waals surface area contributed by atoms with E-state index in [1.807, 2.05) is 13.8 Å². The molecule has 8 atom stereocenters. The minimum atomic E-state index is -1.58. The van der Waals surface area contributed by atoms with Gasteiger partial charge in [0.15, 0.2) is 0 Å². The standard InChI is InChI=1S/C45H66N10O12/c1-26(2)23-29(46)39(61)50-31(14-17-36(47)57)43(65)54-21-7-12-34(54)41(63)49-30(16-19-38(59)60)40(62)51-32(15-18-37(48)58)44(66)55-22-8-13-35(55)42(64)52-33(24-27-9-4-3-5-10-27)45(67)53-20-6-11-28(53)25-56/h3-5,9-10,25-26,28-35H,6-8,11-24,46H2,1-2H3,(H2,47,57)(H2,48,58)(H,49,63)(H,50,61)(H,51,62)(H,52,64)(H,59,60)/t28-,29-,30-,31-,32-,33-,34-,35-/m0/s1. The Morgan fingerprint density at radius 1 is 0.642 bits per heavy atom. The van der Waals surface area contributed by atoms with Gasteiger partial charge in [0, 0.05) is 45.3 Å². The molecule has 3 aliphatic rings. The highest BCUT2D eigenvalue weighted by atomic mass is 16.4. The van der Waals surface area contributed by atoms with Gasteiger partial charge >= 0.3 is 5.97 Å². The largest absolute Gasteiger partial charge is 0.481 e. The highest BCUT2D eigenvalue weighted by Gasteiger charge is 2.43. The first-order valence-electron chi connectivity index (χ1n) is 23.0. The Bertz CT molecular complexity index is 1990. The Kier molecular flexibility index (Phi) is 20.2. The minimum absolute atomic E-state index is 0.0552. The number of nitrogens with one attached hydrogen (secondary N) is 4. The Morgan fingerprint density at radius 3 is 1.60 bits per heavy atom. The molecule has 22 nitrogen and oxygen atoms in total. The number of aldehydes is 1. The fourth-order valence-corrected chi connectivity index (χ4v) is 8.79. The van der Waals surface area contributed by atoms with Gasteiger partial charge in [0.05, 0.1) is 12.1 Å². The Labute approximate surface area is 389 Å². The first-order chi connectivity index (χ1) is 31.8. The summed E-state index contributed by atoms with van der Waals surface area (Å²) in [6.07, 6.45) is 0.990. The number of nitrogens with zero attached hydrogens (tertiary/aromatic N) is 3. The van der Waals surface area contributed by atoms with Crippen molar-refractivity contribution < 1.29 is 57.8 Å². The lowest BCUT2D eigenvalue weighted by atomic mass is 10.0. The zero-order valence-electron chi connectivity index (χ0n) is 38.2. The van der Waals surface area contributed by atoms with Crippen molar-refractivity contribution >= 4 is 65.4 Å². The van der Waals surface area contributed by atoms with E-state index in [0.717, 1.165) is 5.56 Å². The van der Waals surface area contributed by atoms with Crippen molar-refractivity contribution in [3.05, 3.63) is 35.9 Å². The van der Waals surface area contributed by atoms with E-state index in [1.54, 1.807) is 30.3 Å². The summed E-state index contributed by atoms with van der Waals surface area (Å²) in [7, 11) is 0. The normalized spacial score (nSPS) is 20.2. The fourth-order valence-electron chi connectivity index (χ4n) is 8.79. The monoisotopic (exact) mass is 938 g/mol. The summed E-state index contributed by atoms with van der Waals surface area (Å²) in [5.41, 5.74) is 17.6.